The van der Waals surface area contributed by atoms with Gasteiger partial charge in [-0.25, -0.2) is 20.8 Å². The molecule has 0 aliphatic carbocycles. The molecule has 0 bridgehead atoms. The average molecular weight is 1050 g/mol. The van der Waals surface area contributed by atoms with E-state index in [0.717, 1.165) is 35.8 Å². The van der Waals surface area contributed by atoms with Crippen LogP contribution >= 0.6 is 22.8 Å². The summed E-state index contributed by atoms with van der Waals surface area (Å²) in [5, 5.41) is 10.5. The quantitative estimate of drug-likeness (QED) is 0.0554. The Bertz CT molecular complexity index is 2360. The molecule has 2 aromatic heterocycles. The molecule has 4 heterocycles. The summed E-state index contributed by atoms with van der Waals surface area (Å²) in [5.41, 5.74) is -9.68. The van der Waals surface area contributed by atoms with Crippen molar-refractivity contribution < 1.29 is 69.3 Å². The standard InChI is InChI=1S/C25H42F2N4O8P2.C16H25F2N2O7P/c1-16(2)31(17(3)4)40(37-11-10-28-6)39-20-19(14-25(26,27)41(8,9)34)38-23(21(20)36-13-12-35-7)30-15-18(5)22(32)29-24(30)33;1-9-8-20(15(23)19-13(9)22)14-12(26-6-5-25-2)11(21)10(27-14)7-16(17,18)28(3,4)24/h15-17,19-21,23H,10-14H2,1-5,7-9H3,(H,29,32,33);8,10-12,14,21H,5-7H2,1-4H3,(H,19,22,23)/t19-,20-,21-,23-,40?;10-,11-,12-,14-/m11/s1. The lowest BCUT2D eigenvalue weighted by Crippen LogP contribution is -2.43. The summed E-state index contributed by atoms with van der Waals surface area (Å²) >= 11 is 0. The maximum absolute atomic E-state index is 15.3. The van der Waals surface area contributed by atoms with E-state index < -0.39 is 119 Å². The van der Waals surface area contributed by atoms with Crippen molar-refractivity contribution in [3.8, 4) is 0 Å². The van der Waals surface area contributed by atoms with Crippen LogP contribution in [0, 0.1) is 20.4 Å². The van der Waals surface area contributed by atoms with E-state index in [1.807, 2.05) is 32.4 Å². The molecule has 2 aliphatic heterocycles. The van der Waals surface area contributed by atoms with E-state index in [1.165, 1.54) is 40.5 Å². The number of hydrogen-bond donors (Lipinski definition) is 3. The zero-order valence-corrected chi connectivity index (χ0v) is 43.6. The van der Waals surface area contributed by atoms with Crippen LogP contribution in [0.5, 0.6) is 0 Å². The zero-order chi connectivity index (χ0) is 52.4. The van der Waals surface area contributed by atoms with Gasteiger partial charge in [-0.3, -0.25) is 28.7 Å². The molecular weight excluding hydrogens is 985 g/mol. The van der Waals surface area contributed by atoms with Crippen molar-refractivity contribution in [2.24, 2.45) is 0 Å². The van der Waals surface area contributed by atoms with Crippen molar-refractivity contribution in [1.29, 1.82) is 0 Å². The molecule has 2 fully saturated rings. The number of aromatic nitrogens is 4. The largest absolute Gasteiger partial charge is 0.388 e. The van der Waals surface area contributed by atoms with Gasteiger partial charge in [-0.05, 0) is 68.2 Å². The molecule has 2 aromatic rings. The molecule has 0 amide bonds. The number of H-pyrrole nitrogens is 2. The highest BCUT2D eigenvalue weighted by Gasteiger charge is 2.56. The van der Waals surface area contributed by atoms with Gasteiger partial charge in [0.25, 0.3) is 31.0 Å². The Morgan fingerprint density at radius 3 is 1.59 bits per heavy atom. The fourth-order valence-corrected chi connectivity index (χ4v) is 10.1. The van der Waals surface area contributed by atoms with Crippen LogP contribution in [0.25, 0.3) is 4.85 Å². The minimum atomic E-state index is -3.93. The Morgan fingerprint density at radius 2 is 1.17 bits per heavy atom. The maximum atomic E-state index is 15.3. The van der Waals surface area contributed by atoms with Crippen LogP contribution < -0.4 is 22.5 Å². The summed E-state index contributed by atoms with van der Waals surface area (Å²) in [6.45, 7) is 22.1. The van der Waals surface area contributed by atoms with Crippen LogP contribution in [0.15, 0.2) is 31.6 Å². The Balaban J connectivity index is 0.000000392. The third-order valence-corrected chi connectivity index (χ3v) is 16.6. The Labute approximate surface area is 399 Å². The van der Waals surface area contributed by atoms with Crippen LogP contribution in [0.1, 0.15) is 64.1 Å². The maximum Gasteiger partial charge on any atom is 0.330 e. The first kappa shape index (κ1) is 60.4. The first-order valence-corrected chi connectivity index (χ1v) is 28.2. The molecule has 28 heteroatoms. The monoisotopic (exact) mass is 1050 g/mol. The van der Waals surface area contributed by atoms with E-state index >= 15 is 8.78 Å². The summed E-state index contributed by atoms with van der Waals surface area (Å²) in [4.78, 5) is 56.3. The second-order valence-corrected chi connectivity index (χ2v) is 25.9. The van der Waals surface area contributed by atoms with Gasteiger partial charge >= 0.3 is 11.4 Å². The highest BCUT2D eigenvalue weighted by atomic mass is 31.2. The van der Waals surface area contributed by atoms with Crippen molar-refractivity contribution >= 4 is 22.8 Å². The smallest absolute Gasteiger partial charge is 0.330 e. The lowest BCUT2D eigenvalue weighted by Gasteiger charge is -2.38. The minimum absolute atomic E-state index is 0.00964. The van der Waals surface area contributed by atoms with Gasteiger partial charge in [-0.2, -0.15) is 17.6 Å². The number of aryl methyl sites for hydroxylation is 2. The van der Waals surface area contributed by atoms with Crippen LogP contribution in [0.2, 0.25) is 0 Å². The average Bonchev–Trinajstić information content (AvgIpc) is 3.70. The van der Waals surface area contributed by atoms with E-state index in [1.54, 1.807) is 0 Å². The second-order valence-electron chi connectivity index (χ2n) is 17.8. The summed E-state index contributed by atoms with van der Waals surface area (Å²) in [5.74, 6) is 0. The van der Waals surface area contributed by atoms with Gasteiger partial charge in [0.15, 0.2) is 12.5 Å². The number of alkyl halides is 4. The number of nitrogens with one attached hydrogen (secondary N) is 2. The number of ether oxygens (including phenoxy) is 6. The van der Waals surface area contributed by atoms with Gasteiger partial charge in [-0.15, -0.1) is 0 Å². The van der Waals surface area contributed by atoms with E-state index in [9.17, 15) is 42.2 Å². The van der Waals surface area contributed by atoms with E-state index in [2.05, 4.69) is 14.8 Å². The minimum Gasteiger partial charge on any atom is -0.388 e. The molecule has 1 unspecified atom stereocenters. The van der Waals surface area contributed by atoms with Crippen molar-refractivity contribution in [2.75, 3.05) is 80.5 Å². The number of hydrogen-bond acceptors (Lipinski definition) is 16. The van der Waals surface area contributed by atoms with Gasteiger partial charge in [0.05, 0.1) is 38.6 Å². The number of nitrogens with zero attached hydrogens (tertiary/aromatic N) is 4. The molecular formula is C41H67F4N6O15P3. The molecule has 69 heavy (non-hydrogen) atoms. The molecule has 0 spiro atoms. The topological polar surface area (TPSA) is 246 Å². The van der Waals surface area contributed by atoms with Crippen molar-refractivity contribution in [3.63, 3.8) is 0 Å². The van der Waals surface area contributed by atoms with E-state index in [0.29, 0.717) is 0 Å². The SMILES string of the molecule is COCCO[C@@H]1[C@H](O)[C@@H](CC(F)(F)P(C)(C)=O)O[C@H]1n1cc(C)c(=O)[nH]c1=O.[C-]#[N+]CCOP(O[C@H]1[C@@H](OCCOC)[C@H](n2cc(C)c(=O)[nH]c2=O)O[C@@H]1CC(F)(F)P(C)(C)=O)N(C(C)C)C(C)C. The summed E-state index contributed by atoms with van der Waals surface area (Å²) in [6, 6.07) is -0.174. The van der Waals surface area contributed by atoms with Crippen molar-refractivity contribution in [1.82, 2.24) is 23.8 Å². The molecule has 3 N–H and O–H groups in total. The number of halogens is 4. The predicted molar refractivity (Wildman–Crippen MR) is 249 cm³/mol. The molecule has 0 aromatic carbocycles. The third kappa shape index (κ3) is 15.8. The Morgan fingerprint density at radius 1 is 0.754 bits per heavy atom. The zero-order valence-electron chi connectivity index (χ0n) is 40.9. The number of methoxy groups -OCH3 is 2. The van der Waals surface area contributed by atoms with Gasteiger partial charge in [0, 0.05) is 62.7 Å². The number of aliphatic hydroxyl groups excluding tert-OH is 1. The summed E-state index contributed by atoms with van der Waals surface area (Å²) < 4.78 is 133. The molecule has 9 atom stereocenters. The Kier molecular flexibility index (Phi) is 22.4. The van der Waals surface area contributed by atoms with Gasteiger partial charge in [0.1, 0.15) is 45.3 Å². The summed E-state index contributed by atoms with van der Waals surface area (Å²) in [7, 11) is -6.78. The van der Waals surface area contributed by atoms with Crippen molar-refractivity contribution in [2.45, 2.75) is 127 Å². The highest BCUT2D eigenvalue weighted by molar-refractivity contribution is 7.63. The number of aromatic amines is 2. The fourth-order valence-electron chi connectivity index (χ4n) is 7.09. The molecule has 4 rings (SSSR count). The molecule has 21 nitrogen and oxygen atoms in total. The lowest BCUT2D eigenvalue weighted by atomic mass is 10.1. The van der Waals surface area contributed by atoms with E-state index in [-0.39, 0.29) is 62.8 Å². The van der Waals surface area contributed by atoms with E-state index in [4.69, 9.17) is 44.0 Å². The molecule has 2 saturated heterocycles. The number of rotatable bonds is 24. The predicted octanol–water partition coefficient (Wildman–Crippen LogP) is 4.79. The van der Waals surface area contributed by atoms with Gasteiger partial charge < -0.3 is 56.6 Å². The highest BCUT2D eigenvalue weighted by Crippen LogP contribution is 2.59. The van der Waals surface area contributed by atoms with Crippen molar-refractivity contribution in [3.05, 3.63) is 76.6 Å². The van der Waals surface area contributed by atoms with Gasteiger partial charge in [-0.1, -0.05) is 0 Å². The lowest BCUT2D eigenvalue weighted by molar-refractivity contribution is -0.0841. The van der Waals surface area contributed by atoms with Crippen LogP contribution in [-0.2, 0) is 46.6 Å². The second kappa shape index (κ2) is 25.6. The molecule has 2 aliphatic rings. The first-order valence-electron chi connectivity index (χ1n) is 21.9. The van der Waals surface area contributed by atoms with Crippen LogP contribution in [0.4, 0.5) is 17.6 Å². The van der Waals surface area contributed by atoms with Crippen LogP contribution in [0.3, 0.4) is 0 Å². The normalized spacial score (nSPS) is 23.9. The van der Waals surface area contributed by atoms with Gasteiger partial charge in [0.2, 0.25) is 6.54 Å². The first-order chi connectivity index (χ1) is 31.9. The molecule has 0 radical (unpaired) electrons. The molecule has 394 valence electrons. The Hall–Kier alpha value is -2.94. The third-order valence-electron chi connectivity index (χ3n) is 11.0. The molecule has 0 saturated carbocycles. The number of aliphatic hydroxyl groups is 1. The fraction of sp³-hybridized carbons (Fsp3) is 0.780. The van der Waals surface area contributed by atoms with Crippen LogP contribution in [-0.4, -0.2) is 169 Å². The summed E-state index contributed by atoms with van der Waals surface area (Å²) in [6.07, 6.45) is -9.89.